The molecule has 236 valence electrons. The molecule has 0 N–H and O–H groups in total. The third-order valence-corrected chi connectivity index (χ3v) is 13.2. The average Bonchev–Trinajstić information content (AvgIpc) is 3.66. The van der Waals surface area contributed by atoms with Crippen molar-refractivity contribution in [3.63, 3.8) is 0 Å². The molecular formula is C39H26F6S2. The Morgan fingerprint density at radius 2 is 0.702 bits per heavy atom. The first-order valence-corrected chi connectivity index (χ1v) is 16.7. The molecule has 0 bridgehead atoms. The van der Waals surface area contributed by atoms with E-state index in [-0.39, 0.29) is 11.1 Å². The number of fused-ring (bicyclic) bond motifs is 4. The minimum absolute atomic E-state index is 0.172. The van der Waals surface area contributed by atoms with E-state index >= 15 is 26.3 Å². The minimum Gasteiger partial charge on any atom is -0.194 e. The Morgan fingerprint density at radius 3 is 1.04 bits per heavy atom. The zero-order valence-corrected chi connectivity index (χ0v) is 26.8. The van der Waals surface area contributed by atoms with E-state index in [1.807, 2.05) is 109 Å². The highest BCUT2D eigenvalue weighted by Gasteiger charge is 2.84. The number of hydrogen-bond donors (Lipinski definition) is 0. The van der Waals surface area contributed by atoms with Crippen LogP contribution in [-0.4, -0.2) is 27.3 Å². The third-order valence-electron chi connectivity index (χ3n) is 9.88. The Bertz CT molecular complexity index is 1910. The van der Waals surface area contributed by atoms with Gasteiger partial charge in [-0.05, 0) is 70.5 Å². The lowest BCUT2D eigenvalue weighted by Gasteiger charge is -2.47. The molecule has 1 fully saturated rings. The van der Waals surface area contributed by atoms with Crippen LogP contribution < -0.4 is 0 Å². The number of thioether (sulfide) groups is 2. The number of benzene rings is 4. The minimum atomic E-state index is -5.59. The van der Waals surface area contributed by atoms with Gasteiger partial charge in [0.2, 0.25) is 0 Å². The molecule has 2 heterocycles. The Kier molecular flexibility index (Phi) is 6.52. The van der Waals surface area contributed by atoms with Gasteiger partial charge in [-0.2, -0.15) is 26.3 Å². The third kappa shape index (κ3) is 4.07. The molecule has 2 atom stereocenters. The van der Waals surface area contributed by atoms with Gasteiger partial charge in [-0.3, -0.25) is 0 Å². The van der Waals surface area contributed by atoms with Gasteiger partial charge in [0.1, 0.15) is 0 Å². The molecule has 0 nitrogen and oxygen atoms in total. The Hall–Kier alpha value is -3.88. The first-order valence-electron chi connectivity index (χ1n) is 15.1. The molecule has 0 radical (unpaired) electrons. The largest absolute Gasteiger partial charge is 0.380 e. The van der Waals surface area contributed by atoms with Crippen molar-refractivity contribution >= 4 is 33.3 Å². The second kappa shape index (κ2) is 10.1. The summed E-state index contributed by atoms with van der Waals surface area (Å²) in [6.45, 7) is 3.43. The first-order chi connectivity index (χ1) is 22.3. The smallest absolute Gasteiger partial charge is 0.194 e. The quantitative estimate of drug-likeness (QED) is 0.198. The summed E-state index contributed by atoms with van der Waals surface area (Å²) in [4.78, 5) is 1.12. The fraction of sp³-hybridized carbons (Fsp3) is 0.179. The van der Waals surface area contributed by atoms with Crippen molar-refractivity contribution in [3.05, 3.63) is 155 Å². The second-order valence-corrected chi connectivity index (χ2v) is 15.4. The van der Waals surface area contributed by atoms with Crippen molar-refractivity contribution in [2.75, 3.05) is 0 Å². The average molecular weight is 673 g/mol. The molecule has 47 heavy (non-hydrogen) atoms. The number of alkyl halides is 6. The summed E-state index contributed by atoms with van der Waals surface area (Å²) in [6.07, 6.45) is 2.86. The maximum absolute atomic E-state index is 15.8. The number of halogens is 6. The van der Waals surface area contributed by atoms with Crippen LogP contribution in [0.2, 0.25) is 0 Å². The SMILES string of the molecule is C[C@@]12SC(c3ccc(-c4ccccc4)cc3)=CC1=C1C(=C3C=C(c4ccc(-c5ccccc5)cc4)S[C@]32C)C(F)(F)C(F)(F)C1(F)F. The van der Waals surface area contributed by atoms with Crippen molar-refractivity contribution in [2.24, 2.45) is 0 Å². The van der Waals surface area contributed by atoms with Crippen molar-refractivity contribution in [2.45, 2.75) is 41.1 Å². The van der Waals surface area contributed by atoms with E-state index in [0.29, 0.717) is 20.9 Å². The van der Waals surface area contributed by atoms with E-state index in [2.05, 4.69) is 0 Å². The topological polar surface area (TPSA) is 0 Å². The fourth-order valence-corrected chi connectivity index (χ4v) is 10.3. The molecule has 2 aliphatic heterocycles. The van der Waals surface area contributed by atoms with Crippen LogP contribution in [0.15, 0.2) is 144 Å². The Morgan fingerprint density at radius 1 is 0.404 bits per heavy atom. The van der Waals surface area contributed by atoms with Gasteiger partial charge in [-0.1, -0.05) is 109 Å². The maximum Gasteiger partial charge on any atom is 0.380 e. The predicted molar refractivity (Wildman–Crippen MR) is 181 cm³/mol. The van der Waals surface area contributed by atoms with Crippen LogP contribution in [0, 0.1) is 0 Å². The lowest BCUT2D eigenvalue weighted by molar-refractivity contribution is -0.258. The highest BCUT2D eigenvalue weighted by atomic mass is 32.2. The van der Waals surface area contributed by atoms with E-state index in [1.165, 1.54) is 35.7 Å². The molecule has 1 saturated carbocycles. The van der Waals surface area contributed by atoms with Crippen molar-refractivity contribution < 1.29 is 26.3 Å². The molecule has 8 rings (SSSR count). The summed E-state index contributed by atoms with van der Waals surface area (Å²) in [6, 6.07) is 34.4. The summed E-state index contributed by atoms with van der Waals surface area (Å²) in [7, 11) is 0. The summed E-state index contributed by atoms with van der Waals surface area (Å²) < 4.78 is 90.9. The molecule has 8 heteroatoms. The first kappa shape index (κ1) is 30.5. The second-order valence-electron chi connectivity index (χ2n) is 12.5. The molecule has 4 aliphatic rings. The summed E-state index contributed by atoms with van der Waals surface area (Å²) in [5.74, 6) is -15.7. The van der Waals surface area contributed by atoms with Gasteiger partial charge >= 0.3 is 17.8 Å². The number of hydrogen-bond acceptors (Lipinski definition) is 2. The van der Waals surface area contributed by atoms with Crippen LogP contribution in [0.25, 0.3) is 32.1 Å². The van der Waals surface area contributed by atoms with Gasteiger partial charge in [-0.25, -0.2) is 0 Å². The van der Waals surface area contributed by atoms with Gasteiger partial charge in [0, 0.05) is 21.0 Å². The van der Waals surface area contributed by atoms with E-state index in [4.69, 9.17) is 0 Å². The lowest BCUT2D eigenvalue weighted by atomic mass is 9.71. The van der Waals surface area contributed by atoms with Crippen LogP contribution >= 0.6 is 23.5 Å². The highest BCUT2D eigenvalue weighted by Crippen LogP contribution is 2.75. The van der Waals surface area contributed by atoms with Crippen LogP contribution in [0.5, 0.6) is 0 Å². The van der Waals surface area contributed by atoms with E-state index < -0.39 is 38.4 Å². The van der Waals surface area contributed by atoms with Crippen LogP contribution in [0.4, 0.5) is 26.3 Å². The van der Waals surface area contributed by atoms with E-state index in [0.717, 1.165) is 22.3 Å². The summed E-state index contributed by atoms with van der Waals surface area (Å²) in [5, 5.41) is 0. The molecule has 0 unspecified atom stereocenters. The normalized spacial score (nSPS) is 26.5. The number of allylic oxidation sites excluding steroid dienone is 4. The number of rotatable bonds is 4. The van der Waals surface area contributed by atoms with Crippen molar-refractivity contribution in [1.82, 2.24) is 0 Å². The molecule has 0 aromatic heterocycles. The molecule has 0 spiro atoms. The van der Waals surface area contributed by atoms with Crippen molar-refractivity contribution in [3.8, 4) is 22.3 Å². The summed E-state index contributed by atoms with van der Waals surface area (Å²) >= 11 is 2.53. The fourth-order valence-electron chi connectivity index (χ4n) is 7.11. The Labute approximate surface area is 277 Å². The zero-order chi connectivity index (χ0) is 33.0. The van der Waals surface area contributed by atoms with Crippen LogP contribution in [-0.2, 0) is 0 Å². The summed E-state index contributed by atoms with van der Waals surface area (Å²) in [5.41, 5.74) is 2.43. The Balaban J connectivity index is 1.26. The molecule has 4 aromatic rings. The van der Waals surface area contributed by atoms with Crippen LogP contribution in [0.1, 0.15) is 25.0 Å². The molecule has 2 aliphatic carbocycles. The highest BCUT2D eigenvalue weighted by molar-refractivity contribution is 8.14. The molecular weight excluding hydrogens is 647 g/mol. The van der Waals surface area contributed by atoms with Gasteiger partial charge in [0.05, 0.1) is 9.49 Å². The lowest BCUT2D eigenvalue weighted by Crippen LogP contribution is -2.48. The monoisotopic (exact) mass is 672 g/mol. The molecule has 4 aromatic carbocycles. The predicted octanol–water partition coefficient (Wildman–Crippen LogP) is 11.9. The zero-order valence-electron chi connectivity index (χ0n) is 25.1. The van der Waals surface area contributed by atoms with Gasteiger partial charge in [0.25, 0.3) is 0 Å². The van der Waals surface area contributed by atoms with Gasteiger partial charge in [0.15, 0.2) is 0 Å². The van der Waals surface area contributed by atoms with Gasteiger partial charge in [-0.15, -0.1) is 23.5 Å². The van der Waals surface area contributed by atoms with E-state index in [9.17, 15) is 0 Å². The van der Waals surface area contributed by atoms with Crippen LogP contribution in [0.3, 0.4) is 0 Å². The van der Waals surface area contributed by atoms with Gasteiger partial charge < -0.3 is 0 Å². The van der Waals surface area contributed by atoms with E-state index in [1.54, 1.807) is 13.8 Å². The van der Waals surface area contributed by atoms with Crippen molar-refractivity contribution in [1.29, 1.82) is 0 Å². The maximum atomic E-state index is 15.8. The molecule has 0 saturated heterocycles. The molecule has 0 amide bonds. The standard InChI is InChI=1S/C39H26F6S2/c1-35-29(21-31(46-35)27-17-13-25(14-18-27)23-9-5-3-6-10-23)33-34(38(42,43)39(44,45)37(33,40)41)30-22-32(47-36(30,35)2)28-19-15-26(16-20-28)24-11-7-4-8-12-24/h3-22H,1-2H3/t35-,36-/m1/s1.